The lowest BCUT2D eigenvalue weighted by Crippen LogP contribution is -2.38. The highest BCUT2D eigenvalue weighted by molar-refractivity contribution is 4.78. The van der Waals surface area contributed by atoms with Crippen LogP contribution in [0.3, 0.4) is 0 Å². The summed E-state index contributed by atoms with van der Waals surface area (Å²) in [6.45, 7) is 3.12. The van der Waals surface area contributed by atoms with Crippen LogP contribution in [0.5, 0.6) is 0 Å². The molecule has 0 amide bonds. The average molecular weight is 239 g/mol. The lowest BCUT2D eigenvalue weighted by molar-refractivity contribution is -0.0188. The molecule has 100 valence electrons. The Kier molecular flexibility index (Phi) is 5.30. The van der Waals surface area contributed by atoms with E-state index < -0.39 is 0 Å². The van der Waals surface area contributed by atoms with Gasteiger partial charge < -0.3 is 10.5 Å². The monoisotopic (exact) mass is 239 g/mol. The summed E-state index contributed by atoms with van der Waals surface area (Å²) in [6.07, 6.45) is 12.6. The van der Waals surface area contributed by atoms with Crippen molar-refractivity contribution in [2.24, 2.45) is 17.6 Å². The molecule has 2 aliphatic rings. The fourth-order valence-corrected chi connectivity index (χ4v) is 3.46. The van der Waals surface area contributed by atoms with Crippen LogP contribution in [0.4, 0.5) is 0 Å². The molecule has 0 spiro atoms. The summed E-state index contributed by atoms with van der Waals surface area (Å²) in [5.41, 5.74) is 6.29. The van der Waals surface area contributed by atoms with Gasteiger partial charge in [-0.1, -0.05) is 39.0 Å². The smallest absolute Gasteiger partial charge is 0.0624 e. The Hall–Kier alpha value is -0.0800. The van der Waals surface area contributed by atoms with Gasteiger partial charge in [0, 0.05) is 6.04 Å². The second-order valence-electron chi connectivity index (χ2n) is 6.20. The molecule has 17 heavy (non-hydrogen) atoms. The maximum atomic E-state index is 6.29. The fraction of sp³-hybridized carbons (Fsp3) is 1.00. The molecule has 0 radical (unpaired) electrons. The van der Waals surface area contributed by atoms with Gasteiger partial charge in [-0.15, -0.1) is 0 Å². The van der Waals surface area contributed by atoms with Gasteiger partial charge in [0.15, 0.2) is 0 Å². The molecule has 2 N–H and O–H groups in total. The average Bonchev–Trinajstić information content (AvgIpc) is 2.38. The highest BCUT2D eigenvalue weighted by Crippen LogP contribution is 2.28. The van der Waals surface area contributed by atoms with E-state index in [4.69, 9.17) is 10.5 Å². The summed E-state index contributed by atoms with van der Waals surface area (Å²) in [6, 6.07) is 0.282. The van der Waals surface area contributed by atoms with E-state index in [-0.39, 0.29) is 6.04 Å². The van der Waals surface area contributed by atoms with Crippen LogP contribution in [0, 0.1) is 11.8 Å². The largest absolute Gasteiger partial charge is 0.376 e. The van der Waals surface area contributed by atoms with Crippen LogP contribution >= 0.6 is 0 Å². The van der Waals surface area contributed by atoms with Gasteiger partial charge in [0.05, 0.1) is 12.7 Å². The van der Waals surface area contributed by atoms with E-state index in [2.05, 4.69) is 6.92 Å². The number of ether oxygens (including phenoxy) is 1. The third kappa shape index (κ3) is 3.96. The molecule has 0 aromatic rings. The van der Waals surface area contributed by atoms with Gasteiger partial charge in [-0.3, -0.25) is 0 Å². The number of nitrogens with two attached hydrogens (primary N) is 1. The van der Waals surface area contributed by atoms with Crippen molar-refractivity contribution < 1.29 is 4.74 Å². The van der Waals surface area contributed by atoms with Crippen molar-refractivity contribution >= 4 is 0 Å². The molecule has 0 saturated heterocycles. The number of rotatable bonds is 4. The molecule has 0 aromatic heterocycles. The maximum absolute atomic E-state index is 6.29. The van der Waals surface area contributed by atoms with Crippen LogP contribution < -0.4 is 5.73 Å². The van der Waals surface area contributed by atoms with Crippen molar-refractivity contribution in [3.63, 3.8) is 0 Å². The van der Waals surface area contributed by atoms with Crippen LogP contribution in [0.25, 0.3) is 0 Å². The maximum Gasteiger partial charge on any atom is 0.0624 e. The predicted molar refractivity (Wildman–Crippen MR) is 71.9 cm³/mol. The van der Waals surface area contributed by atoms with E-state index >= 15 is 0 Å². The van der Waals surface area contributed by atoms with Crippen LogP contribution in [-0.2, 0) is 4.74 Å². The fourth-order valence-electron chi connectivity index (χ4n) is 3.46. The van der Waals surface area contributed by atoms with Gasteiger partial charge in [-0.2, -0.15) is 0 Å². The van der Waals surface area contributed by atoms with Gasteiger partial charge in [0.25, 0.3) is 0 Å². The normalized spacial score (nSPS) is 33.5. The van der Waals surface area contributed by atoms with Crippen LogP contribution in [0.1, 0.15) is 64.7 Å². The lowest BCUT2D eigenvalue weighted by atomic mass is 9.84. The SMILES string of the molecule is CC1CCCCC1OCC(N)C1CCCCC1. The minimum Gasteiger partial charge on any atom is -0.376 e. The standard InChI is InChI=1S/C15H29NO/c1-12-7-5-6-10-15(12)17-11-14(16)13-8-3-2-4-9-13/h12-15H,2-11,16H2,1H3. The van der Waals surface area contributed by atoms with Crippen LogP contribution in [-0.4, -0.2) is 18.8 Å². The molecule has 0 aromatic carbocycles. The van der Waals surface area contributed by atoms with E-state index in [0.29, 0.717) is 6.10 Å². The zero-order chi connectivity index (χ0) is 12.1. The topological polar surface area (TPSA) is 35.2 Å². The summed E-state index contributed by atoms with van der Waals surface area (Å²) in [4.78, 5) is 0. The van der Waals surface area contributed by atoms with Gasteiger partial charge in [0.2, 0.25) is 0 Å². The Bertz CT molecular complexity index is 213. The molecule has 2 saturated carbocycles. The molecule has 0 bridgehead atoms. The van der Waals surface area contributed by atoms with Crippen molar-refractivity contribution in [1.82, 2.24) is 0 Å². The van der Waals surface area contributed by atoms with Crippen LogP contribution in [0.2, 0.25) is 0 Å². The van der Waals surface area contributed by atoms with Gasteiger partial charge in [-0.05, 0) is 37.5 Å². The first kappa shape index (κ1) is 13.4. The molecular formula is C15H29NO. The number of hydrogen-bond acceptors (Lipinski definition) is 2. The molecule has 0 heterocycles. The summed E-state index contributed by atoms with van der Waals surface area (Å²) in [7, 11) is 0. The van der Waals surface area contributed by atoms with Crippen molar-refractivity contribution in [3.8, 4) is 0 Å². The highest BCUT2D eigenvalue weighted by Gasteiger charge is 2.25. The first-order valence-corrected chi connectivity index (χ1v) is 7.64. The Morgan fingerprint density at radius 3 is 2.35 bits per heavy atom. The van der Waals surface area contributed by atoms with E-state index in [1.807, 2.05) is 0 Å². The molecule has 3 atom stereocenters. The highest BCUT2D eigenvalue weighted by atomic mass is 16.5. The minimum atomic E-state index is 0.282. The summed E-state index contributed by atoms with van der Waals surface area (Å²) in [5.74, 6) is 1.46. The molecule has 2 aliphatic carbocycles. The Morgan fingerprint density at radius 2 is 1.65 bits per heavy atom. The first-order valence-electron chi connectivity index (χ1n) is 7.64. The van der Waals surface area contributed by atoms with Crippen LogP contribution in [0.15, 0.2) is 0 Å². The molecule has 3 unspecified atom stereocenters. The van der Waals surface area contributed by atoms with Crippen molar-refractivity contribution in [3.05, 3.63) is 0 Å². The summed E-state index contributed by atoms with van der Waals surface area (Å²) >= 11 is 0. The van der Waals surface area contributed by atoms with E-state index in [1.54, 1.807) is 0 Å². The van der Waals surface area contributed by atoms with Gasteiger partial charge in [0.1, 0.15) is 0 Å². The Morgan fingerprint density at radius 1 is 1.00 bits per heavy atom. The van der Waals surface area contributed by atoms with Crippen molar-refractivity contribution in [1.29, 1.82) is 0 Å². The van der Waals surface area contributed by atoms with Crippen molar-refractivity contribution in [2.75, 3.05) is 6.61 Å². The first-order chi connectivity index (χ1) is 8.27. The second kappa shape index (κ2) is 6.75. The quantitative estimate of drug-likeness (QED) is 0.815. The molecular weight excluding hydrogens is 210 g/mol. The molecule has 0 aliphatic heterocycles. The van der Waals surface area contributed by atoms with E-state index in [0.717, 1.165) is 18.4 Å². The van der Waals surface area contributed by atoms with E-state index in [9.17, 15) is 0 Å². The van der Waals surface area contributed by atoms with Gasteiger partial charge >= 0.3 is 0 Å². The van der Waals surface area contributed by atoms with Crippen molar-refractivity contribution in [2.45, 2.75) is 76.9 Å². The Balaban J connectivity index is 1.69. The molecule has 2 heteroatoms. The predicted octanol–water partition coefficient (Wildman–Crippen LogP) is 3.49. The number of hydrogen-bond donors (Lipinski definition) is 1. The zero-order valence-electron chi connectivity index (χ0n) is 11.4. The molecule has 2 fully saturated rings. The molecule has 2 rings (SSSR count). The second-order valence-corrected chi connectivity index (χ2v) is 6.20. The molecule has 2 nitrogen and oxygen atoms in total. The Labute approximate surface area is 106 Å². The zero-order valence-corrected chi connectivity index (χ0v) is 11.4. The summed E-state index contributed by atoms with van der Waals surface area (Å²) in [5, 5.41) is 0. The minimum absolute atomic E-state index is 0.282. The third-order valence-electron chi connectivity index (χ3n) is 4.79. The third-order valence-corrected chi connectivity index (χ3v) is 4.79. The summed E-state index contributed by atoms with van der Waals surface area (Å²) < 4.78 is 6.09. The van der Waals surface area contributed by atoms with Gasteiger partial charge in [-0.25, -0.2) is 0 Å². The van der Waals surface area contributed by atoms with E-state index in [1.165, 1.54) is 57.8 Å². The lowest BCUT2D eigenvalue weighted by Gasteiger charge is -2.32.